The molecule has 0 aliphatic heterocycles. The van der Waals surface area contributed by atoms with E-state index in [-0.39, 0.29) is 5.41 Å². The number of halogens is 1. The van der Waals surface area contributed by atoms with Gasteiger partial charge in [0.1, 0.15) is 5.15 Å². The van der Waals surface area contributed by atoms with Crippen molar-refractivity contribution in [3.05, 3.63) is 16.4 Å². The molecule has 0 fully saturated rings. The Bertz CT molecular complexity index is 439. The Kier molecular flexibility index (Phi) is 7.22. The van der Waals surface area contributed by atoms with Gasteiger partial charge < -0.3 is 5.32 Å². The lowest BCUT2D eigenvalue weighted by atomic mass is 9.75. The van der Waals surface area contributed by atoms with E-state index in [0.29, 0.717) is 6.04 Å². The number of aryl methyl sites for hydroxylation is 2. The van der Waals surface area contributed by atoms with Gasteiger partial charge in [-0.2, -0.15) is 5.10 Å². The lowest BCUT2D eigenvalue weighted by Crippen LogP contribution is -2.39. The van der Waals surface area contributed by atoms with Crippen LogP contribution in [0.3, 0.4) is 0 Å². The summed E-state index contributed by atoms with van der Waals surface area (Å²) in [5.74, 6) is 0. The van der Waals surface area contributed by atoms with Gasteiger partial charge in [-0.1, -0.05) is 52.1 Å². The van der Waals surface area contributed by atoms with Crippen LogP contribution >= 0.6 is 11.6 Å². The number of hydrogen-bond acceptors (Lipinski definition) is 2. The van der Waals surface area contributed by atoms with E-state index < -0.39 is 0 Å². The Balaban J connectivity index is 2.98. The van der Waals surface area contributed by atoms with Crippen LogP contribution in [-0.2, 0) is 13.5 Å². The molecular weight excluding hydrogens is 282 g/mol. The third-order valence-corrected chi connectivity index (χ3v) is 4.99. The summed E-state index contributed by atoms with van der Waals surface area (Å²) in [6.45, 7) is 12.1. The van der Waals surface area contributed by atoms with Gasteiger partial charge in [0, 0.05) is 25.2 Å². The quantitative estimate of drug-likeness (QED) is 0.727. The monoisotopic (exact) mass is 313 g/mol. The van der Waals surface area contributed by atoms with E-state index in [2.05, 4.69) is 45.0 Å². The zero-order valence-corrected chi connectivity index (χ0v) is 15.3. The minimum Gasteiger partial charge on any atom is -0.314 e. The van der Waals surface area contributed by atoms with Crippen molar-refractivity contribution in [3.63, 3.8) is 0 Å². The van der Waals surface area contributed by atoms with Gasteiger partial charge in [0.2, 0.25) is 0 Å². The molecule has 1 heterocycles. The van der Waals surface area contributed by atoms with Crippen molar-refractivity contribution < 1.29 is 0 Å². The standard InChI is InChI=1S/C17H32ClN3/c1-7-9-10-17(8-2,12-19-13(3)4)11-15-14(5)20-21(6)16(15)18/h13,19H,7-12H2,1-6H3. The summed E-state index contributed by atoms with van der Waals surface area (Å²) in [7, 11) is 1.92. The molecule has 0 saturated heterocycles. The molecule has 122 valence electrons. The number of rotatable bonds is 9. The first kappa shape index (κ1) is 18.5. The normalized spacial score (nSPS) is 14.7. The zero-order valence-electron chi connectivity index (χ0n) is 14.6. The summed E-state index contributed by atoms with van der Waals surface area (Å²) in [6.07, 6.45) is 5.93. The Morgan fingerprint density at radius 3 is 2.43 bits per heavy atom. The van der Waals surface area contributed by atoms with Crippen LogP contribution in [0, 0.1) is 12.3 Å². The molecular formula is C17H32ClN3. The van der Waals surface area contributed by atoms with Crippen LogP contribution in [0.4, 0.5) is 0 Å². The highest BCUT2D eigenvalue weighted by molar-refractivity contribution is 6.30. The molecule has 1 rings (SSSR count). The maximum atomic E-state index is 6.45. The third-order valence-electron chi connectivity index (χ3n) is 4.52. The number of hydrogen-bond donors (Lipinski definition) is 1. The maximum Gasteiger partial charge on any atom is 0.130 e. The third kappa shape index (κ3) is 5.00. The second-order valence-electron chi connectivity index (χ2n) is 6.65. The summed E-state index contributed by atoms with van der Waals surface area (Å²) in [5, 5.41) is 8.91. The Labute approximate surface area is 135 Å². The first-order chi connectivity index (χ1) is 9.85. The van der Waals surface area contributed by atoms with Crippen LogP contribution in [0.1, 0.15) is 64.6 Å². The largest absolute Gasteiger partial charge is 0.314 e. The minimum absolute atomic E-state index is 0.276. The Morgan fingerprint density at radius 1 is 1.33 bits per heavy atom. The topological polar surface area (TPSA) is 29.9 Å². The van der Waals surface area contributed by atoms with Crippen LogP contribution in [0.2, 0.25) is 5.15 Å². The smallest absolute Gasteiger partial charge is 0.130 e. The van der Waals surface area contributed by atoms with Crippen molar-refractivity contribution in [2.75, 3.05) is 6.54 Å². The van der Waals surface area contributed by atoms with Gasteiger partial charge in [0.15, 0.2) is 0 Å². The van der Waals surface area contributed by atoms with E-state index >= 15 is 0 Å². The van der Waals surface area contributed by atoms with Crippen LogP contribution in [0.15, 0.2) is 0 Å². The fourth-order valence-electron chi connectivity index (χ4n) is 2.89. The Morgan fingerprint density at radius 2 is 2.00 bits per heavy atom. The van der Waals surface area contributed by atoms with Crippen molar-refractivity contribution in [1.82, 2.24) is 15.1 Å². The predicted molar refractivity (Wildman–Crippen MR) is 92.0 cm³/mol. The molecule has 1 aromatic rings. The maximum absolute atomic E-state index is 6.45. The summed E-state index contributed by atoms with van der Waals surface area (Å²) in [6, 6.07) is 0.517. The number of nitrogens with one attached hydrogen (secondary N) is 1. The van der Waals surface area contributed by atoms with Crippen molar-refractivity contribution in [2.45, 2.75) is 72.8 Å². The van der Waals surface area contributed by atoms with E-state index in [4.69, 9.17) is 11.6 Å². The van der Waals surface area contributed by atoms with Gasteiger partial charge in [-0.15, -0.1) is 0 Å². The van der Waals surface area contributed by atoms with E-state index in [0.717, 1.165) is 30.2 Å². The summed E-state index contributed by atoms with van der Waals surface area (Å²) < 4.78 is 1.79. The molecule has 0 radical (unpaired) electrons. The lowest BCUT2D eigenvalue weighted by Gasteiger charge is -2.34. The molecule has 21 heavy (non-hydrogen) atoms. The van der Waals surface area contributed by atoms with Gasteiger partial charge >= 0.3 is 0 Å². The molecule has 1 unspecified atom stereocenters. The van der Waals surface area contributed by atoms with E-state index in [1.807, 2.05) is 7.05 Å². The second kappa shape index (κ2) is 8.19. The molecule has 0 aromatic carbocycles. The molecule has 1 atom stereocenters. The highest BCUT2D eigenvalue weighted by Crippen LogP contribution is 2.35. The van der Waals surface area contributed by atoms with Crippen molar-refractivity contribution in [1.29, 1.82) is 0 Å². The fraction of sp³-hybridized carbons (Fsp3) is 0.824. The number of aromatic nitrogens is 2. The van der Waals surface area contributed by atoms with Crippen LogP contribution < -0.4 is 5.32 Å². The lowest BCUT2D eigenvalue weighted by molar-refractivity contribution is 0.222. The van der Waals surface area contributed by atoms with Gasteiger partial charge in [0.25, 0.3) is 0 Å². The first-order valence-electron chi connectivity index (χ1n) is 8.26. The SMILES string of the molecule is CCCCC(CC)(CNC(C)C)Cc1c(C)nn(C)c1Cl. The number of unbranched alkanes of at least 4 members (excludes halogenated alkanes) is 1. The molecule has 0 spiro atoms. The molecule has 1 N–H and O–H groups in total. The molecule has 1 aromatic heterocycles. The molecule has 4 heteroatoms. The van der Waals surface area contributed by atoms with Gasteiger partial charge in [-0.25, -0.2) is 0 Å². The predicted octanol–water partition coefficient (Wildman–Crippen LogP) is 4.51. The van der Waals surface area contributed by atoms with E-state index in [9.17, 15) is 0 Å². The highest BCUT2D eigenvalue weighted by atomic mass is 35.5. The van der Waals surface area contributed by atoms with Crippen LogP contribution in [0.25, 0.3) is 0 Å². The van der Waals surface area contributed by atoms with Gasteiger partial charge in [-0.3, -0.25) is 4.68 Å². The summed E-state index contributed by atoms with van der Waals surface area (Å²) in [4.78, 5) is 0. The second-order valence-corrected chi connectivity index (χ2v) is 7.01. The van der Waals surface area contributed by atoms with E-state index in [1.54, 1.807) is 4.68 Å². The highest BCUT2D eigenvalue weighted by Gasteiger charge is 2.30. The van der Waals surface area contributed by atoms with Crippen LogP contribution in [-0.4, -0.2) is 22.4 Å². The molecule has 0 saturated carbocycles. The molecule has 0 aliphatic carbocycles. The molecule has 0 bridgehead atoms. The first-order valence-corrected chi connectivity index (χ1v) is 8.64. The van der Waals surface area contributed by atoms with Gasteiger partial charge in [0.05, 0.1) is 5.69 Å². The van der Waals surface area contributed by atoms with E-state index in [1.165, 1.54) is 24.8 Å². The van der Waals surface area contributed by atoms with Crippen molar-refractivity contribution in [3.8, 4) is 0 Å². The van der Waals surface area contributed by atoms with Crippen molar-refractivity contribution >= 4 is 11.6 Å². The summed E-state index contributed by atoms with van der Waals surface area (Å²) in [5.41, 5.74) is 2.57. The van der Waals surface area contributed by atoms with Gasteiger partial charge in [-0.05, 0) is 31.6 Å². The fourth-order valence-corrected chi connectivity index (χ4v) is 3.13. The zero-order chi connectivity index (χ0) is 16.0. The average Bonchev–Trinajstić information content (AvgIpc) is 2.68. The van der Waals surface area contributed by atoms with Crippen molar-refractivity contribution in [2.24, 2.45) is 12.5 Å². The Hall–Kier alpha value is -0.540. The molecule has 0 amide bonds. The summed E-state index contributed by atoms with van der Waals surface area (Å²) >= 11 is 6.45. The average molecular weight is 314 g/mol. The number of nitrogens with zero attached hydrogens (tertiary/aromatic N) is 2. The molecule has 0 aliphatic rings. The van der Waals surface area contributed by atoms with Crippen LogP contribution in [0.5, 0.6) is 0 Å². The minimum atomic E-state index is 0.276. The molecule has 3 nitrogen and oxygen atoms in total.